The molecular weight excluding hydrogens is 376 g/mol. The number of hydrogen-bond acceptors (Lipinski definition) is 2. The first-order chi connectivity index (χ1) is 12.0. The lowest BCUT2D eigenvalue weighted by atomic mass is 10.0. The van der Waals surface area contributed by atoms with E-state index in [2.05, 4.69) is 4.98 Å². The van der Waals surface area contributed by atoms with E-state index in [1.165, 1.54) is 0 Å². The first kappa shape index (κ1) is 18.4. The van der Waals surface area contributed by atoms with Gasteiger partial charge in [-0.3, -0.25) is 0 Å². The van der Waals surface area contributed by atoms with E-state index in [0.717, 1.165) is 22.5 Å². The van der Waals surface area contributed by atoms with E-state index in [4.69, 9.17) is 0 Å². The first-order valence-electron chi connectivity index (χ1n) is 7.36. The van der Waals surface area contributed by atoms with Crippen molar-refractivity contribution in [3.8, 4) is 21.8 Å². The predicted octanol–water partition coefficient (Wildman–Crippen LogP) is 6.82. The second-order valence-electron chi connectivity index (χ2n) is 5.70. The largest absolute Gasteiger partial charge is 0.416 e. The Kier molecular flexibility index (Phi) is 4.56. The average molecular weight is 387 g/mol. The minimum absolute atomic E-state index is 0.0946. The maximum absolute atomic E-state index is 13.0. The van der Waals surface area contributed by atoms with Crippen molar-refractivity contribution in [3.05, 3.63) is 64.5 Å². The second-order valence-corrected chi connectivity index (χ2v) is 6.56. The lowest BCUT2D eigenvalue weighted by molar-refractivity contribution is -0.143. The van der Waals surface area contributed by atoms with E-state index in [-0.39, 0.29) is 16.6 Å². The van der Waals surface area contributed by atoms with Gasteiger partial charge in [0.25, 0.3) is 0 Å². The van der Waals surface area contributed by atoms with Crippen molar-refractivity contribution < 1.29 is 26.3 Å². The normalized spacial score (nSPS) is 12.4. The molecule has 1 nitrogen and oxygen atoms in total. The molecule has 0 aliphatic rings. The summed E-state index contributed by atoms with van der Waals surface area (Å²) in [6.45, 7) is 1.90. The van der Waals surface area contributed by atoms with E-state index in [0.29, 0.717) is 17.8 Å². The molecule has 136 valence electrons. The molecule has 0 radical (unpaired) electrons. The van der Waals surface area contributed by atoms with Crippen LogP contribution in [0.15, 0.2) is 47.8 Å². The van der Waals surface area contributed by atoms with Gasteiger partial charge in [0.05, 0.1) is 16.8 Å². The summed E-state index contributed by atoms with van der Waals surface area (Å²) in [6.07, 6.45) is -9.76. The molecule has 0 amide bonds. The molecule has 0 unspecified atom stereocenters. The van der Waals surface area contributed by atoms with E-state index in [9.17, 15) is 26.3 Å². The maximum Gasteiger partial charge on any atom is 0.416 e. The van der Waals surface area contributed by atoms with E-state index < -0.39 is 23.5 Å². The van der Waals surface area contributed by atoms with Crippen LogP contribution < -0.4 is 0 Å². The molecule has 0 N–H and O–H groups in total. The van der Waals surface area contributed by atoms with Gasteiger partial charge in [-0.15, -0.1) is 11.3 Å². The van der Waals surface area contributed by atoms with Gasteiger partial charge in [0.2, 0.25) is 0 Å². The predicted molar refractivity (Wildman–Crippen MR) is 87.7 cm³/mol. The summed E-state index contributed by atoms with van der Waals surface area (Å²) >= 11 is 0.995. The van der Waals surface area contributed by atoms with Crippen molar-refractivity contribution in [1.82, 2.24) is 4.98 Å². The smallest absolute Gasteiger partial charge is 0.236 e. The summed E-state index contributed by atoms with van der Waals surface area (Å²) in [5.41, 5.74) is -0.659. The number of aromatic nitrogens is 1. The van der Waals surface area contributed by atoms with Gasteiger partial charge in [-0.1, -0.05) is 29.8 Å². The molecule has 0 saturated carbocycles. The number of benzene rings is 2. The fourth-order valence-electron chi connectivity index (χ4n) is 2.34. The molecule has 0 fully saturated rings. The molecule has 8 heteroatoms. The Hall–Kier alpha value is -2.35. The molecule has 0 saturated heterocycles. The van der Waals surface area contributed by atoms with Crippen LogP contribution in [-0.4, -0.2) is 4.98 Å². The molecule has 1 heterocycles. The molecule has 1 aromatic heterocycles. The topological polar surface area (TPSA) is 12.9 Å². The molecule has 3 aromatic rings. The van der Waals surface area contributed by atoms with Crippen LogP contribution in [0.1, 0.15) is 16.7 Å². The number of thiazole rings is 1. The minimum Gasteiger partial charge on any atom is -0.236 e. The third-order valence-electron chi connectivity index (χ3n) is 3.69. The number of rotatable bonds is 2. The van der Waals surface area contributed by atoms with Crippen LogP contribution in [-0.2, 0) is 12.4 Å². The van der Waals surface area contributed by atoms with Crippen LogP contribution in [0.5, 0.6) is 0 Å². The highest BCUT2D eigenvalue weighted by atomic mass is 32.1. The Labute approximate surface area is 148 Å². The molecule has 0 bridgehead atoms. The van der Waals surface area contributed by atoms with Gasteiger partial charge in [-0.2, -0.15) is 26.3 Å². The Balaban J connectivity index is 2.07. The van der Waals surface area contributed by atoms with Crippen molar-refractivity contribution in [2.75, 3.05) is 0 Å². The highest BCUT2D eigenvalue weighted by molar-refractivity contribution is 7.13. The van der Waals surface area contributed by atoms with Crippen molar-refractivity contribution in [2.24, 2.45) is 0 Å². The van der Waals surface area contributed by atoms with Gasteiger partial charge in [0.15, 0.2) is 0 Å². The fraction of sp³-hybridized carbons (Fsp3) is 0.167. The van der Waals surface area contributed by atoms with Crippen molar-refractivity contribution in [3.63, 3.8) is 0 Å². The van der Waals surface area contributed by atoms with Gasteiger partial charge in [-0.25, -0.2) is 4.98 Å². The zero-order valence-corrected chi connectivity index (χ0v) is 14.1. The van der Waals surface area contributed by atoms with Crippen molar-refractivity contribution in [1.29, 1.82) is 0 Å². The molecular formula is C18H11F6NS. The number of aryl methyl sites for hydroxylation is 1. The minimum atomic E-state index is -4.88. The Morgan fingerprint density at radius 2 is 1.31 bits per heavy atom. The molecule has 0 atom stereocenters. The summed E-state index contributed by atoms with van der Waals surface area (Å²) in [5.74, 6) is 0. The number of halogens is 6. The van der Waals surface area contributed by atoms with E-state index in [1.54, 1.807) is 17.5 Å². The third kappa shape index (κ3) is 3.90. The summed E-state index contributed by atoms with van der Waals surface area (Å²) in [6, 6.07) is 8.77. The molecule has 0 spiro atoms. The Bertz CT molecular complexity index is 890. The van der Waals surface area contributed by atoms with Crippen LogP contribution in [0.25, 0.3) is 21.8 Å². The zero-order valence-electron chi connectivity index (χ0n) is 13.2. The summed E-state index contributed by atoms with van der Waals surface area (Å²) in [5, 5.41) is 1.70. The van der Waals surface area contributed by atoms with Crippen LogP contribution in [0.4, 0.5) is 26.3 Å². The number of hydrogen-bond donors (Lipinski definition) is 0. The Morgan fingerprint density at radius 3 is 1.81 bits per heavy atom. The number of alkyl halides is 6. The molecule has 0 aliphatic heterocycles. The molecule has 0 aliphatic carbocycles. The molecule has 26 heavy (non-hydrogen) atoms. The third-order valence-corrected chi connectivity index (χ3v) is 4.58. The second kappa shape index (κ2) is 6.42. The Morgan fingerprint density at radius 1 is 0.769 bits per heavy atom. The van der Waals surface area contributed by atoms with Gasteiger partial charge >= 0.3 is 12.4 Å². The van der Waals surface area contributed by atoms with Crippen LogP contribution in [0.2, 0.25) is 0 Å². The summed E-state index contributed by atoms with van der Waals surface area (Å²) in [4.78, 5) is 4.21. The quantitative estimate of drug-likeness (QED) is 0.440. The summed E-state index contributed by atoms with van der Waals surface area (Å²) < 4.78 is 77.9. The SMILES string of the molecule is Cc1ccc(-c2csc(-c3cc(C(F)(F)F)cc(C(F)(F)F)c3)n2)cc1. The average Bonchev–Trinajstić information content (AvgIpc) is 3.03. The lowest BCUT2D eigenvalue weighted by Gasteiger charge is -2.13. The standard InChI is InChI=1S/C18H11F6NS/c1-10-2-4-11(5-3-10)15-9-26-16(25-15)12-6-13(17(19,20)21)8-14(7-12)18(22,23)24/h2-9H,1H3. The van der Waals surface area contributed by atoms with Crippen LogP contribution in [0, 0.1) is 6.92 Å². The van der Waals surface area contributed by atoms with Crippen molar-refractivity contribution in [2.45, 2.75) is 19.3 Å². The van der Waals surface area contributed by atoms with Gasteiger partial charge < -0.3 is 0 Å². The van der Waals surface area contributed by atoms with Crippen LogP contribution >= 0.6 is 11.3 Å². The highest BCUT2D eigenvalue weighted by Gasteiger charge is 2.37. The lowest BCUT2D eigenvalue weighted by Crippen LogP contribution is -2.11. The van der Waals surface area contributed by atoms with Gasteiger partial charge in [-0.05, 0) is 25.1 Å². The zero-order chi connectivity index (χ0) is 19.1. The maximum atomic E-state index is 13.0. The van der Waals surface area contributed by atoms with Gasteiger partial charge in [0, 0.05) is 16.5 Å². The van der Waals surface area contributed by atoms with Crippen LogP contribution in [0.3, 0.4) is 0 Å². The first-order valence-corrected chi connectivity index (χ1v) is 8.24. The fourth-order valence-corrected chi connectivity index (χ4v) is 3.16. The highest BCUT2D eigenvalue weighted by Crippen LogP contribution is 2.39. The monoisotopic (exact) mass is 387 g/mol. The molecule has 2 aromatic carbocycles. The van der Waals surface area contributed by atoms with Crippen molar-refractivity contribution >= 4 is 11.3 Å². The molecule has 3 rings (SSSR count). The van der Waals surface area contributed by atoms with Gasteiger partial charge in [0.1, 0.15) is 5.01 Å². The van der Waals surface area contributed by atoms with E-state index >= 15 is 0 Å². The van der Waals surface area contributed by atoms with E-state index in [1.807, 2.05) is 19.1 Å². The number of nitrogens with zero attached hydrogens (tertiary/aromatic N) is 1. The summed E-state index contributed by atoms with van der Waals surface area (Å²) in [7, 11) is 0.